The van der Waals surface area contributed by atoms with Gasteiger partial charge < -0.3 is 0 Å². The Hall–Kier alpha value is -2.65. The van der Waals surface area contributed by atoms with Crippen LogP contribution in [0, 0.1) is 5.41 Å². The number of halogens is 1. The molecule has 0 fully saturated rings. The number of aromatic nitrogens is 1. The van der Waals surface area contributed by atoms with Gasteiger partial charge in [0.05, 0.1) is 22.5 Å². The molecule has 2 heterocycles. The van der Waals surface area contributed by atoms with Crippen molar-refractivity contribution < 1.29 is 4.79 Å². The number of hydrogen-bond acceptors (Lipinski definition) is 2. The van der Waals surface area contributed by atoms with E-state index in [-0.39, 0.29) is 16.7 Å². The number of anilines is 1. The molecule has 0 N–H and O–H groups in total. The van der Waals surface area contributed by atoms with E-state index in [4.69, 9.17) is 16.6 Å². The Morgan fingerprint density at radius 2 is 1.73 bits per heavy atom. The van der Waals surface area contributed by atoms with Crippen molar-refractivity contribution >= 4 is 39.8 Å². The topological polar surface area (TPSA) is 33.2 Å². The first-order chi connectivity index (χ1) is 14.0. The summed E-state index contributed by atoms with van der Waals surface area (Å²) in [6.45, 7) is 11.0. The van der Waals surface area contributed by atoms with Crippen LogP contribution in [0.5, 0.6) is 0 Å². The van der Waals surface area contributed by atoms with Gasteiger partial charge in [0.15, 0.2) is 0 Å². The van der Waals surface area contributed by atoms with Crippen LogP contribution in [-0.2, 0) is 11.8 Å². The molecule has 0 saturated carbocycles. The highest BCUT2D eigenvalue weighted by Gasteiger charge is 2.42. The van der Waals surface area contributed by atoms with Crippen LogP contribution in [0.1, 0.15) is 61.8 Å². The van der Waals surface area contributed by atoms with E-state index in [1.54, 1.807) is 0 Å². The summed E-state index contributed by atoms with van der Waals surface area (Å²) in [4.78, 5) is 20.6. The minimum absolute atomic E-state index is 0.00613. The van der Waals surface area contributed by atoms with Gasteiger partial charge in [-0.05, 0) is 53.1 Å². The van der Waals surface area contributed by atoms with E-state index in [2.05, 4.69) is 65.0 Å². The number of amides is 1. The maximum absolute atomic E-state index is 13.8. The first-order valence-corrected chi connectivity index (χ1v) is 10.7. The van der Waals surface area contributed by atoms with Crippen LogP contribution < -0.4 is 4.90 Å². The lowest BCUT2D eigenvalue weighted by molar-refractivity contribution is 0.101. The Labute approximate surface area is 182 Å². The van der Waals surface area contributed by atoms with Gasteiger partial charge in [0.25, 0.3) is 5.91 Å². The summed E-state index contributed by atoms with van der Waals surface area (Å²) in [5.41, 5.74) is 6.55. The molecule has 1 aromatic heterocycles. The summed E-state index contributed by atoms with van der Waals surface area (Å²) < 4.78 is 0. The van der Waals surface area contributed by atoms with Crippen molar-refractivity contribution in [3.63, 3.8) is 0 Å². The Morgan fingerprint density at radius 3 is 2.40 bits per heavy atom. The number of carbonyl (C=O) groups excluding carboxylic acids is 1. The van der Waals surface area contributed by atoms with Gasteiger partial charge in [-0.3, -0.25) is 14.7 Å². The number of benzene rings is 2. The Balaban J connectivity index is 1.75. The molecule has 5 rings (SSSR count). The van der Waals surface area contributed by atoms with Crippen molar-refractivity contribution in [2.75, 3.05) is 4.90 Å². The maximum atomic E-state index is 13.8. The molecule has 3 aromatic rings. The lowest BCUT2D eigenvalue weighted by atomic mass is 9.79. The van der Waals surface area contributed by atoms with Gasteiger partial charge in [-0.1, -0.05) is 64.4 Å². The molecule has 152 valence electrons. The molecule has 0 radical (unpaired) electrons. The Bertz CT molecular complexity index is 1250. The first-order valence-electron chi connectivity index (χ1n) is 10.4. The summed E-state index contributed by atoms with van der Waals surface area (Å²) in [7, 11) is 0. The SMILES string of the molecule is CC1(C)C=C2c3c(nc4ccc(Cl)cc4c3C(=O)N2c2ccc(C(C)(C)C)cc2)C1. The van der Waals surface area contributed by atoms with E-state index in [0.29, 0.717) is 5.02 Å². The molecule has 4 heteroatoms. The van der Waals surface area contributed by atoms with Crippen LogP contribution in [-0.4, -0.2) is 10.9 Å². The van der Waals surface area contributed by atoms with Crippen LogP contribution in [0.4, 0.5) is 5.69 Å². The summed E-state index contributed by atoms with van der Waals surface area (Å²) in [5, 5.41) is 1.44. The highest BCUT2D eigenvalue weighted by molar-refractivity contribution is 6.32. The molecule has 0 unspecified atom stereocenters. The van der Waals surface area contributed by atoms with Gasteiger partial charge in [-0.25, -0.2) is 0 Å². The van der Waals surface area contributed by atoms with Crippen LogP contribution >= 0.6 is 11.6 Å². The molecule has 30 heavy (non-hydrogen) atoms. The molecule has 0 atom stereocenters. The molecule has 2 aromatic carbocycles. The lowest BCUT2D eigenvalue weighted by Gasteiger charge is -2.30. The van der Waals surface area contributed by atoms with Gasteiger partial charge in [-0.15, -0.1) is 0 Å². The zero-order valence-corrected chi connectivity index (χ0v) is 18.8. The second kappa shape index (κ2) is 6.18. The van der Waals surface area contributed by atoms with Crippen molar-refractivity contribution in [1.29, 1.82) is 0 Å². The van der Waals surface area contributed by atoms with E-state index in [9.17, 15) is 4.79 Å². The quantitative estimate of drug-likeness (QED) is 0.438. The molecular weight excluding hydrogens is 392 g/mol. The van der Waals surface area contributed by atoms with Gasteiger partial charge in [0, 0.05) is 21.7 Å². The van der Waals surface area contributed by atoms with Crippen molar-refractivity contribution in [3.8, 4) is 0 Å². The summed E-state index contributed by atoms with van der Waals surface area (Å²) in [6.07, 6.45) is 3.03. The molecule has 1 aliphatic heterocycles. The lowest BCUT2D eigenvalue weighted by Crippen LogP contribution is -2.26. The average molecular weight is 417 g/mol. The minimum atomic E-state index is -0.0824. The number of nitrogens with zero attached hydrogens (tertiary/aromatic N) is 2. The molecule has 0 spiro atoms. The normalized spacial score (nSPS) is 17.3. The van der Waals surface area contributed by atoms with Crippen LogP contribution in [0.15, 0.2) is 48.5 Å². The molecule has 3 nitrogen and oxygen atoms in total. The Kier molecular flexibility index (Phi) is 3.98. The van der Waals surface area contributed by atoms with Crippen molar-refractivity contribution in [1.82, 2.24) is 4.98 Å². The van der Waals surface area contributed by atoms with Crippen LogP contribution in [0.2, 0.25) is 5.02 Å². The number of pyridine rings is 1. The minimum Gasteiger partial charge on any atom is -0.277 e. The van der Waals surface area contributed by atoms with Crippen molar-refractivity contribution in [2.24, 2.45) is 5.41 Å². The molecule has 1 amide bonds. The number of fused-ring (bicyclic) bond motifs is 2. The number of rotatable bonds is 1. The largest absolute Gasteiger partial charge is 0.277 e. The predicted molar refractivity (Wildman–Crippen MR) is 124 cm³/mol. The second-order valence-electron chi connectivity index (χ2n) is 10.1. The highest BCUT2D eigenvalue weighted by atomic mass is 35.5. The second-order valence-corrected chi connectivity index (χ2v) is 10.5. The molecule has 1 aliphatic carbocycles. The van der Waals surface area contributed by atoms with Crippen LogP contribution in [0.25, 0.3) is 16.6 Å². The molecular formula is C26H25ClN2O. The zero-order chi connectivity index (χ0) is 21.4. The predicted octanol–water partition coefficient (Wildman–Crippen LogP) is 6.77. The van der Waals surface area contributed by atoms with Gasteiger partial charge in [0.2, 0.25) is 0 Å². The van der Waals surface area contributed by atoms with E-state index < -0.39 is 0 Å². The molecule has 2 aliphatic rings. The number of carbonyl (C=O) groups is 1. The van der Waals surface area contributed by atoms with Gasteiger partial charge in [0.1, 0.15) is 0 Å². The van der Waals surface area contributed by atoms with Gasteiger partial charge in [-0.2, -0.15) is 0 Å². The Morgan fingerprint density at radius 1 is 1.03 bits per heavy atom. The molecule has 0 saturated heterocycles. The fourth-order valence-electron chi connectivity index (χ4n) is 4.60. The van der Waals surface area contributed by atoms with Crippen molar-refractivity contribution in [3.05, 3.63) is 75.9 Å². The zero-order valence-electron chi connectivity index (χ0n) is 18.0. The monoisotopic (exact) mass is 416 g/mol. The fourth-order valence-corrected chi connectivity index (χ4v) is 4.77. The third-order valence-corrected chi connectivity index (χ3v) is 6.31. The van der Waals surface area contributed by atoms with Crippen molar-refractivity contribution in [2.45, 2.75) is 46.5 Å². The summed E-state index contributed by atoms with van der Waals surface area (Å²) in [6, 6.07) is 13.9. The first kappa shape index (κ1) is 19.3. The van der Waals surface area contributed by atoms with E-state index >= 15 is 0 Å². The average Bonchev–Trinajstić information content (AvgIpc) is 2.93. The summed E-state index contributed by atoms with van der Waals surface area (Å²) >= 11 is 6.28. The molecule has 0 bridgehead atoms. The van der Waals surface area contributed by atoms with E-state index in [1.807, 2.05) is 23.1 Å². The summed E-state index contributed by atoms with van der Waals surface area (Å²) in [5.74, 6) is -0.00613. The van der Waals surface area contributed by atoms with E-state index in [0.717, 1.165) is 45.5 Å². The van der Waals surface area contributed by atoms with E-state index in [1.165, 1.54) is 5.56 Å². The van der Waals surface area contributed by atoms with Crippen LogP contribution in [0.3, 0.4) is 0 Å². The fraction of sp³-hybridized carbons (Fsp3) is 0.308. The number of allylic oxidation sites excluding steroid dienone is 1. The third-order valence-electron chi connectivity index (χ3n) is 6.08. The standard InChI is InChI=1S/C26H25ClN2O/c1-25(2,3)15-6-9-17(10-7-15)29-21-14-26(4,5)13-20-23(21)22(24(29)30)18-12-16(27)8-11-19(18)28-20/h6-12,14H,13H2,1-5H3. The van der Waals surface area contributed by atoms with Gasteiger partial charge >= 0.3 is 0 Å². The smallest absolute Gasteiger partial charge is 0.264 e. The highest BCUT2D eigenvalue weighted by Crippen LogP contribution is 2.47. The maximum Gasteiger partial charge on any atom is 0.264 e. The number of hydrogen-bond donors (Lipinski definition) is 0. The third kappa shape index (κ3) is 2.87.